The average molecular weight is 493 g/mol. The molecule has 0 radical (unpaired) electrons. The summed E-state index contributed by atoms with van der Waals surface area (Å²) in [6.07, 6.45) is 2.30. The monoisotopic (exact) mass is 492 g/mol. The van der Waals surface area contributed by atoms with E-state index in [0.29, 0.717) is 28.7 Å². The van der Waals surface area contributed by atoms with Crippen LogP contribution in [0.5, 0.6) is 0 Å². The Morgan fingerprint density at radius 2 is 2.15 bits per heavy atom. The van der Waals surface area contributed by atoms with Gasteiger partial charge in [0.25, 0.3) is 5.91 Å². The number of carbonyl (C=O) groups is 1. The molecule has 174 valence electrons. The Kier molecular flexibility index (Phi) is 6.97. The number of amides is 1. The summed E-state index contributed by atoms with van der Waals surface area (Å²) < 4.78 is 0. The van der Waals surface area contributed by atoms with Gasteiger partial charge in [0.1, 0.15) is 22.1 Å². The zero-order valence-corrected chi connectivity index (χ0v) is 20.6. The highest BCUT2D eigenvalue weighted by molar-refractivity contribution is 7.99. The highest BCUT2D eigenvalue weighted by atomic mass is 32.2. The maximum atomic E-state index is 12.9. The molecular formula is C24H24N6O2S2. The third-order valence-electron chi connectivity index (χ3n) is 4.99. The molecule has 0 fully saturated rings. The molecule has 3 aromatic rings. The van der Waals surface area contributed by atoms with Crippen LogP contribution in [0.1, 0.15) is 41.5 Å². The van der Waals surface area contributed by atoms with Gasteiger partial charge in [-0.15, -0.1) is 16.9 Å². The number of fused-ring (bicyclic) bond motifs is 1. The molecule has 0 saturated carbocycles. The number of pyridine rings is 1. The number of nitrogens with zero attached hydrogens (tertiary/aromatic N) is 4. The van der Waals surface area contributed by atoms with Crippen molar-refractivity contribution in [2.75, 3.05) is 17.7 Å². The van der Waals surface area contributed by atoms with E-state index in [0.717, 1.165) is 16.1 Å². The Morgan fingerprint density at radius 3 is 2.88 bits per heavy atom. The summed E-state index contributed by atoms with van der Waals surface area (Å²) >= 11 is 7.24. The maximum absolute atomic E-state index is 12.9. The first kappa shape index (κ1) is 23.9. The maximum Gasteiger partial charge on any atom is 0.291 e. The number of carbonyl (C=O) groups excluding carboxylic acids is 1. The Hall–Kier alpha value is -3.26. The van der Waals surface area contributed by atoms with Crippen molar-refractivity contribution >= 4 is 40.6 Å². The fourth-order valence-electron chi connectivity index (χ4n) is 3.28. The fourth-order valence-corrected chi connectivity index (χ4v) is 4.68. The van der Waals surface area contributed by atoms with E-state index < -0.39 is 17.6 Å². The SMILES string of the molecule is CN1C(=S)[C@@H](NC(=O)c2n[nH]c(Cc3ccccc3)n2)CSc2cnc(C#CC(C)(C)O)cc21. The number of H-pyrrole nitrogens is 1. The van der Waals surface area contributed by atoms with Crippen LogP contribution in [0.25, 0.3) is 0 Å². The van der Waals surface area contributed by atoms with E-state index in [1.807, 2.05) is 48.3 Å². The molecule has 0 spiro atoms. The van der Waals surface area contributed by atoms with Crippen LogP contribution in [-0.2, 0) is 6.42 Å². The smallest absolute Gasteiger partial charge is 0.291 e. The summed E-state index contributed by atoms with van der Waals surface area (Å²) in [7, 11) is 1.85. The number of aliphatic hydroxyl groups is 1. The number of thiocarbonyl (C=S) groups is 1. The zero-order valence-electron chi connectivity index (χ0n) is 19.0. The fraction of sp³-hybridized carbons (Fsp3) is 0.292. The summed E-state index contributed by atoms with van der Waals surface area (Å²) in [6.45, 7) is 3.24. The lowest BCUT2D eigenvalue weighted by Gasteiger charge is -2.24. The van der Waals surface area contributed by atoms with Gasteiger partial charge in [-0.05, 0) is 31.4 Å². The zero-order chi connectivity index (χ0) is 24.3. The van der Waals surface area contributed by atoms with Gasteiger partial charge in [-0.3, -0.25) is 9.89 Å². The first-order valence-electron chi connectivity index (χ1n) is 10.6. The van der Waals surface area contributed by atoms with Gasteiger partial charge in [0.2, 0.25) is 5.82 Å². The largest absolute Gasteiger partial charge is 0.378 e. The molecule has 1 atom stereocenters. The standard InChI is InChI=1S/C24H24N6O2S2/c1-24(2,32)10-9-16-12-18-19(13-25-16)34-14-17(23(33)30(18)3)26-22(31)21-27-20(28-29-21)11-15-7-5-4-6-8-15/h4-8,12-13,17,32H,11,14H2,1-3H3,(H,26,31)(H,27,28,29)/t17-/m0/s1. The minimum atomic E-state index is -1.11. The molecule has 1 aliphatic rings. The number of hydrogen-bond acceptors (Lipinski definition) is 7. The summed E-state index contributed by atoms with van der Waals surface area (Å²) in [5.41, 5.74) is 1.35. The summed E-state index contributed by atoms with van der Waals surface area (Å²) in [4.78, 5) is 24.9. The van der Waals surface area contributed by atoms with Crippen LogP contribution in [-0.4, -0.2) is 60.6 Å². The van der Waals surface area contributed by atoms with Crippen molar-refractivity contribution < 1.29 is 9.90 Å². The van der Waals surface area contributed by atoms with Crippen molar-refractivity contribution in [3.8, 4) is 11.8 Å². The van der Waals surface area contributed by atoms with Crippen LogP contribution < -0.4 is 10.2 Å². The molecule has 3 N–H and O–H groups in total. The molecule has 34 heavy (non-hydrogen) atoms. The topological polar surface area (TPSA) is 107 Å². The van der Waals surface area contributed by atoms with Crippen LogP contribution in [0.15, 0.2) is 47.5 Å². The van der Waals surface area contributed by atoms with Gasteiger partial charge in [-0.1, -0.05) is 48.5 Å². The van der Waals surface area contributed by atoms with E-state index >= 15 is 0 Å². The lowest BCUT2D eigenvalue weighted by Crippen LogP contribution is -2.47. The van der Waals surface area contributed by atoms with Gasteiger partial charge in [0.15, 0.2) is 0 Å². The van der Waals surface area contributed by atoms with Crippen molar-refractivity contribution in [3.05, 3.63) is 65.5 Å². The van der Waals surface area contributed by atoms with Crippen molar-refractivity contribution in [1.29, 1.82) is 0 Å². The van der Waals surface area contributed by atoms with Crippen molar-refractivity contribution in [3.63, 3.8) is 0 Å². The second-order valence-corrected chi connectivity index (χ2v) is 9.83. The van der Waals surface area contributed by atoms with E-state index in [2.05, 4.69) is 37.3 Å². The molecule has 2 aromatic heterocycles. The molecule has 0 saturated heterocycles. The summed E-state index contributed by atoms with van der Waals surface area (Å²) in [5.74, 6) is 6.51. The lowest BCUT2D eigenvalue weighted by molar-refractivity contribution is 0.0939. The normalized spacial score (nSPS) is 15.7. The number of aromatic amines is 1. The van der Waals surface area contributed by atoms with E-state index in [1.54, 1.807) is 31.8 Å². The number of anilines is 1. The van der Waals surface area contributed by atoms with E-state index in [9.17, 15) is 9.90 Å². The number of nitrogens with one attached hydrogen (secondary N) is 2. The van der Waals surface area contributed by atoms with Gasteiger partial charge in [-0.2, -0.15) is 0 Å². The molecule has 1 aliphatic heterocycles. The predicted octanol–water partition coefficient (Wildman–Crippen LogP) is 2.58. The molecular weight excluding hydrogens is 468 g/mol. The van der Waals surface area contributed by atoms with Crippen LogP contribution in [0.4, 0.5) is 5.69 Å². The van der Waals surface area contributed by atoms with E-state index in [4.69, 9.17) is 12.2 Å². The first-order chi connectivity index (χ1) is 16.2. The number of rotatable bonds is 4. The molecule has 3 heterocycles. The Labute approximate surface area is 207 Å². The Morgan fingerprint density at radius 1 is 1.38 bits per heavy atom. The minimum absolute atomic E-state index is 0.0778. The Bertz CT molecular complexity index is 1270. The molecule has 10 heteroatoms. The second-order valence-electron chi connectivity index (χ2n) is 8.35. The number of benzene rings is 1. The van der Waals surface area contributed by atoms with Gasteiger partial charge in [0, 0.05) is 30.3 Å². The van der Waals surface area contributed by atoms with Crippen LogP contribution in [0.3, 0.4) is 0 Å². The van der Waals surface area contributed by atoms with E-state index in [1.165, 1.54) is 0 Å². The number of thioether (sulfide) groups is 1. The molecule has 1 amide bonds. The van der Waals surface area contributed by atoms with Gasteiger partial charge in [-0.25, -0.2) is 9.97 Å². The highest BCUT2D eigenvalue weighted by Crippen LogP contribution is 2.34. The van der Waals surface area contributed by atoms with Crippen LogP contribution in [0, 0.1) is 11.8 Å². The van der Waals surface area contributed by atoms with Gasteiger partial charge >= 0.3 is 0 Å². The number of hydrogen-bond donors (Lipinski definition) is 3. The van der Waals surface area contributed by atoms with Gasteiger partial charge < -0.3 is 15.3 Å². The second kappa shape index (κ2) is 9.93. The number of likely N-dealkylation sites (N-methyl/N-ethyl adjacent to an activating group) is 1. The van der Waals surface area contributed by atoms with Gasteiger partial charge in [0.05, 0.1) is 11.7 Å². The molecule has 8 nitrogen and oxygen atoms in total. The minimum Gasteiger partial charge on any atom is -0.378 e. The predicted molar refractivity (Wildman–Crippen MR) is 136 cm³/mol. The quantitative estimate of drug-likeness (QED) is 0.377. The third-order valence-corrected chi connectivity index (χ3v) is 6.68. The van der Waals surface area contributed by atoms with Crippen molar-refractivity contribution in [2.45, 2.75) is 36.8 Å². The molecule has 4 rings (SSSR count). The first-order valence-corrected chi connectivity index (χ1v) is 12.0. The molecule has 0 bridgehead atoms. The molecule has 0 aliphatic carbocycles. The summed E-state index contributed by atoms with van der Waals surface area (Å²) in [5, 5.41) is 19.7. The lowest BCUT2D eigenvalue weighted by atomic mass is 10.1. The number of aromatic nitrogens is 4. The highest BCUT2D eigenvalue weighted by Gasteiger charge is 2.28. The van der Waals surface area contributed by atoms with Crippen molar-refractivity contribution in [2.24, 2.45) is 0 Å². The summed E-state index contributed by atoms with van der Waals surface area (Å²) in [6, 6.07) is 11.3. The third kappa shape index (κ3) is 5.80. The van der Waals surface area contributed by atoms with Crippen LogP contribution in [0.2, 0.25) is 0 Å². The van der Waals surface area contributed by atoms with E-state index in [-0.39, 0.29) is 5.82 Å². The van der Waals surface area contributed by atoms with Crippen LogP contribution >= 0.6 is 24.0 Å². The van der Waals surface area contributed by atoms with Crippen molar-refractivity contribution in [1.82, 2.24) is 25.5 Å². The Balaban J connectivity index is 1.46. The molecule has 0 unspecified atom stereocenters. The average Bonchev–Trinajstić information content (AvgIpc) is 3.24. The molecule has 1 aromatic carbocycles.